The van der Waals surface area contributed by atoms with E-state index in [9.17, 15) is 18.3 Å². The van der Waals surface area contributed by atoms with E-state index in [1.165, 1.54) is 13.0 Å². The van der Waals surface area contributed by atoms with Crippen LogP contribution in [0.2, 0.25) is 5.02 Å². The Hall–Kier alpha value is -0.940. The Kier molecular flexibility index (Phi) is 3.16. The molecule has 0 aliphatic rings. The Balaban J connectivity index is 3.25. The average molecular weight is 240 g/mol. The second kappa shape index (κ2) is 3.90. The molecule has 0 unspecified atom stereocenters. The zero-order chi connectivity index (χ0) is 11.8. The molecule has 1 aromatic rings. The number of aromatic hydroxyl groups is 1. The van der Waals surface area contributed by atoms with E-state index in [1.54, 1.807) is 0 Å². The summed E-state index contributed by atoms with van der Waals surface area (Å²) in [5.41, 5.74) is 4.82. The number of nitrogens with two attached hydrogens (primary N) is 1. The molecule has 6 heteroatoms. The van der Waals surface area contributed by atoms with Gasteiger partial charge in [-0.3, -0.25) is 0 Å². The maximum Gasteiger partial charge on any atom is 0.407 e. The van der Waals surface area contributed by atoms with Crippen LogP contribution >= 0.6 is 11.6 Å². The van der Waals surface area contributed by atoms with Gasteiger partial charge in [0.25, 0.3) is 0 Å². The minimum Gasteiger partial charge on any atom is -0.507 e. The molecular formula is C9H9ClF3NO. The van der Waals surface area contributed by atoms with Gasteiger partial charge in [0.1, 0.15) is 11.8 Å². The van der Waals surface area contributed by atoms with Crippen molar-refractivity contribution in [2.75, 3.05) is 0 Å². The molecule has 1 rings (SSSR count). The highest BCUT2D eigenvalue weighted by Crippen LogP contribution is 2.37. The van der Waals surface area contributed by atoms with Crippen LogP contribution in [0.1, 0.15) is 17.2 Å². The number of aryl methyl sites for hydroxylation is 1. The lowest BCUT2D eigenvalue weighted by Gasteiger charge is -2.18. The predicted molar refractivity (Wildman–Crippen MR) is 50.8 cm³/mol. The van der Waals surface area contributed by atoms with Gasteiger partial charge in [-0.1, -0.05) is 11.6 Å². The van der Waals surface area contributed by atoms with Crippen molar-refractivity contribution >= 4 is 11.6 Å². The molecule has 0 bridgehead atoms. The molecule has 0 aliphatic heterocycles. The summed E-state index contributed by atoms with van der Waals surface area (Å²) < 4.78 is 36.9. The van der Waals surface area contributed by atoms with Crippen molar-refractivity contribution in [1.29, 1.82) is 0 Å². The van der Waals surface area contributed by atoms with Gasteiger partial charge in [0.05, 0.1) is 0 Å². The summed E-state index contributed by atoms with van der Waals surface area (Å²) in [6.07, 6.45) is -4.60. The van der Waals surface area contributed by atoms with Crippen LogP contribution in [0, 0.1) is 6.92 Å². The lowest BCUT2D eigenvalue weighted by molar-refractivity contribution is -0.149. The van der Waals surface area contributed by atoms with Crippen molar-refractivity contribution in [3.8, 4) is 5.75 Å². The molecule has 2 nitrogen and oxygen atoms in total. The van der Waals surface area contributed by atoms with Gasteiger partial charge >= 0.3 is 6.18 Å². The minimum atomic E-state index is -4.60. The van der Waals surface area contributed by atoms with Gasteiger partial charge in [0.15, 0.2) is 0 Å². The highest BCUT2D eigenvalue weighted by atomic mass is 35.5. The fraction of sp³-hybridized carbons (Fsp3) is 0.333. The number of hydrogen-bond acceptors (Lipinski definition) is 2. The van der Waals surface area contributed by atoms with Crippen LogP contribution in [-0.2, 0) is 0 Å². The summed E-state index contributed by atoms with van der Waals surface area (Å²) in [6, 6.07) is 0.154. The highest BCUT2D eigenvalue weighted by Gasteiger charge is 2.39. The van der Waals surface area contributed by atoms with Crippen LogP contribution in [0.15, 0.2) is 12.1 Å². The third-order valence-electron chi connectivity index (χ3n) is 1.98. The number of phenols is 1. The van der Waals surface area contributed by atoms with Gasteiger partial charge in [0.2, 0.25) is 0 Å². The van der Waals surface area contributed by atoms with Gasteiger partial charge in [-0.25, -0.2) is 0 Å². The van der Waals surface area contributed by atoms with Crippen LogP contribution in [0.25, 0.3) is 0 Å². The molecule has 0 radical (unpaired) electrons. The summed E-state index contributed by atoms with van der Waals surface area (Å²) >= 11 is 5.58. The second-order valence-corrected chi connectivity index (χ2v) is 3.62. The second-order valence-electron chi connectivity index (χ2n) is 3.18. The fourth-order valence-corrected chi connectivity index (χ4v) is 1.46. The third-order valence-corrected chi connectivity index (χ3v) is 2.20. The van der Waals surface area contributed by atoms with Crippen LogP contribution in [0.4, 0.5) is 13.2 Å². The van der Waals surface area contributed by atoms with E-state index in [-0.39, 0.29) is 10.6 Å². The minimum absolute atomic E-state index is 0.111. The van der Waals surface area contributed by atoms with Gasteiger partial charge in [0, 0.05) is 10.6 Å². The number of alkyl halides is 3. The quantitative estimate of drug-likeness (QED) is 0.792. The van der Waals surface area contributed by atoms with Crippen LogP contribution in [0.3, 0.4) is 0 Å². The van der Waals surface area contributed by atoms with Crippen molar-refractivity contribution in [2.45, 2.75) is 19.1 Å². The molecule has 1 atom stereocenters. The number of rotatable bonds is 1. The van der Waals surface area contributed by atoms with E-state index in [1.807, 2.05) is 0 Å². The SMILES string of the molecule is Cc1cc(Cl)cc([C@@H](N)C(F)(F)F)c1O. The molecule has 1 aromatic carbocycles. The van der Waals surface area contributed by atoms with Crippen molar-refractivity contribution in [3.63, 3.8) is 0 Å². The van der Waals surface area contributed by atoms with Gasteiger partial charge in [-0.05, 0) is 24.6 Å². The van der Waals surface area contributed by atoms with E-state index in [0.717, 1.165) is 6.07 Å². The molecule has 0 amide bonds. The largest absolute Gasteiger partial charge is 0.507 e. The first-order valence-electron chi connectivity index (χ1n) is 4.04. The van der Waals surface area contributed by atoms with Crippen molar-refractivity contribution in [1.82, 2.24) is 0 Å². The maximum absolute atomic E-state index is 12.3. The van der Waals surface area contributed by atoms with Crippen molar-refractivity contribution in [3.05, 3.63) is 28.3 Å². The third kappa shape index (κ3) is 2.54. The Morgan fingerprint density at radius 3 is 2.40 bits per heavy atom. The molecule has 15 heavy (non-hydrogen) atoms. The number of benzene rings is 1. The molecule has 0 saturated carbocycles. The Morgan fingerprint density at radius 1 is 1.40 bits per heavy atom. The molecule has 84 valence electrons. The molecule has 0 heterocycles. The molecule has 0 aromatic heterocycles. The van der Waals surface area contributed by atoms with E-state index >= 15 is 0 Å². The Bertz CT molecular complexity index is 378. The van der Waals surface area contributed by atoms with Gasteiger partial charge < -0.3 is 10.8 Å². The van der Waals surface area contributed by atoms with Gasteiger partial charge in [-0.15, -0.1) is 0 Å². The smallest absolute Gasteiger partial charge is 0.407 e. The van der Waals surface area contributed by atoms with E-state index < -0.39 is 23.5 Å². The first-order valence-corrected chi connectivity index (χ1v) is 4.42. The summed E-state index contributed by atoms with van der Waals surface area (Å²) in [7, 11) is 0. The van der Waals surface area contributed by atoms with E-state index in [2.05, 4.69) is 0 Å². The zero-order valence-corrected chi connectivity index (χ0v) is 8.52. The zero-order valence-electron chi connectivity index (χ0n) is 7.77. The van der Waals surface area contributed by atoms with E-state index in [0.29, 0.717) is 0 Å². The van der Waals surface area contributed by atoms with Crippen LogP contribution in [0.5, 0.6) is 5.75 Å². The highest BCUT2D eigenvalue weighted by molar-refractivity contribution is 6.30. The van der Waals surface area contributed by atoms with E-state index in [4.69, 9.17) is 17.3 Å². The number of hydrogen-bond donors (Lipinski definition) is 2. The number of phenolic OH excluding ortho intramolecular Hbond substituents is 1. The summed E-state index contributed by atoms with van der Waals surface area (Å²) in [5, 5.41) is 9.53. The molecule has 3 N–H and O–H groups in total. The lowest BCUT2D eigenvalue weighted by atomic mass is 10.0. The summed E-state index contributed by atoms with van der Waals surface area (Å²) in [6.45, 7) is 1.45. The Labute approximate surface area is 89.5 Å². The monoisotopic (exact) mass is 239 g/mol. The molecular weight excluding hydrogens is 231 g/mol. The topological polar surface area (TPSA) is 46.2 Å². The first kappa shape index (κ1) is 12.1. The normalized spacial score (nSPS) is 14.0. The fourth-order valence-electron chi connectivity index (χ4n) is 1.17. The van der Waals surface area contributed by atoms with Gasteiger partial charge in [-0.2, -0.15) is 13.2 Å². The summed E-state index contributed by atoms with van der Waals surface area (Å²) in [5.74, 6) is -0.468. The first-order chi connectivity index (χ1) is 6.73. The number of halogens is 4. The standard InChI is InChI=1S/C9H9ClF3NO/c1-4-2-5(10)3-6(7(4)15)8(14)9(11,12)13/h2-3,8,15H,14H2,1H3/t8-/m1/s1. The Morgan fingerprint density at radius 2 is 1.93 bits per heavy atom. The van der Waals surface area contributed by atoms with Crippen molar-refractivity contribution < 1.29 is 18.3 Å². The maximum atomic E-state index is 12.3. The molecule has 0 saturated heterocycles. The van der Waals surface area contributed by atoms with Crippen LogP contribution in [-0.4, -0.2) is 11.3 Å². The lowest BCUT2D eigenvalue weighted by Crippen LogP contribution is -2.28. The van der Waals surface area contributed by atoms with Crippen molar-refractivity contribution in [2.24, 2.45) is 5.73 Å². The average Bonchev–Trinajstić information content (AvgIpc) is 2.08. The molecule has 0 aliphatic carbocycles. The molecule has 0 fully saturated rings. The van der Waals surface area contributed by atoms with Crippen LogP contribution < -0.4 is 5.73 Å². The molecule has 0 spiro atoms. The predicted octanol–water partition coefficient (Wildman–Crippen LogP) is 2.92. The summed E-state index contributed by atoms with van der Waals surface area (Å²) in [4.78, 5) is 0.